The number of halogens is 1. The number of aromatic nitrogens is 1. The van der Waals surface area contributed by atoms with Gasteiger partial charge in [0.25, 0.3) is 0 Å². The Hall–Kier alpha value is -1.32. The van der Waals surface area contributed by atoms with E-state index < -0.39 is 6.17 Å². The molecule has 1 unspecified atom stereocenters. The highest BCUT2D eigenvalue weighted by molar-refractivity contribution is 5.46. The minimum atomic E-state index is -0.709. The summed E-state index contributed by atoms with van der Waals surface area (Å²) in [5.41, 5.74) is 6.14. The van der Waals surface area contributed by atoms with Gasteiger partial charge in [0, 0.05) is 6.54 Å². The van der Waals surface area contributed by atoms with Gasteiger partial charge in [-0.15, -0.1) is 0 Å². The molecular formula is C9H12FN3. The second kappa shape index (κ2) is 3.20. The Kier molecular flexibility index (Phi) is 2.04. The van der Waals surface area contributed by atoms with Crippen molar-refractivity contribution >= 4 is 11.5 Å². The van der Waals surface area contributed by atoms with Crippen LogP contribution in [0.15, 0.2) is 18.3 Å². The topological polar surface area (TPSA) is 42.1 Å². The normalized spacial score (nSPS) is 22.2. The Morgan fingerprint density at radius 3 is 2.92 bits per heavy atom. The van der Waals surface area contributed by atoms with Gasteiger partial charge in [-0.25, -0.2) is 9.37 Å². The predicted octanol–water partition coefficient (Wildman–Crippen LogP) is 1.21. The first-order valence-electron chi connectivity index (χ1n) is 4.36. The maximum Gasteiger partial charge on any atom is 0.128 e. The summed E-state index contributed by atoms with van der Waals surface area (Å²) in [6.07, 6.45) is 1.49. The number of hydrogen-bond donors (Lipinski definition) is 1. The van der Waals surface area contributed by atoms with E-state index in [-0.39, 0.29) is 0 Å². The average molecular weight is 181 g/mol. The van der Waals surface area contributed by atoms with Crippen molar-refractivity contribution in [3.63, 3.8) is 0 Å². The summed E-state index contributed by atoms with van der Waals surface area (Å²) < 4.78 is 12.8. The van der Waals surface area contributed by atoms with E-state index in [2.05, 4.69) is 4.98 Å². The van der Waals surface area contributed by atoms with Crippen LogP contribution in [0.1, 0.15) is 6.42 Å². The van der Waals surface area contributed by atoms with Crippen LogP contribution in [0.25, 0.3) is 0 Å². The highest BCUT2D eigenvalue weighted by Gasteiger charge is 2.22. The third-order valence-corrected chi connectivity index (χ3v) is 2.23. The van der Waals surface area contributed by atoms with Gasteiger partial charge in [0.15, 0.2) is 0 Å². The Morgan fingerprint density at radius 1 is 1.54 bits per heavy atom. The summed E-state index contributed by atoms with van der Waals surface area (Å²) in [7, 11) is 0. The van der Waals surface area contributed by atoms with Gasteiger partial charge in [0.1, 0.15) is 12.0 Å². The fraction of sp³-hybridized carbons (Fsp3) is 0.444. The number of rotatable bonds is 1. The Morgan fingerprint density at radius 2 is 2.38 bits per heavy atom. The van der Waals surface area contributed by atoms with Crippen LogP contribution < -0.4 is 10.6 Å². The molecule has 3 nitrogen and oxygen atoms in total. The van der Waals surface area contributed by atoms with Gasteiger partial charge in [-0.05, 0) is 18.6 Å². The molecule has 0 aliphatic carbocycles. The Labute approximate surface area is 76.4 Å². The van der Waals surface area contributed by atoms with E-state index in [1.54, 1.807) is 12.3 Å². The van der Waals surface area contributed by atoms with Gasteiger partial charge in [-0.1, -0.05) is 0 Å². The van der Waals surface area contributed by atoms with Gasteiger partial charge in [0.2, 0.25) is 0 Å². The molecule has 0 bridgehead atoms. The molecule has 1 fully saturated rings. The van der Waals surface area contributed by atoms with E-state index in [1.807, 2.05) is 11.0 Å². The fourth-order valence-electron chi connectivity index (χ4n) is 1.51. The lowest BCUT2D eigenvalue weighted by atomic mass is 10.3. The number of alkyl halides is 1. The molecule has 4 heteroatoms. The molecule has 0 radical (unpaired) electrons. The van der Waals surface area contributed by atoms with E-state index in [9.17, 15) is 4.39 Å². The monoisotopic (exact) mass is 181 g/mol. The summed E-state index contributed by atoms with van der Waals surface area (Å²) in [6.45, 7) is 1.20. The van der Waals surface area contributed by atoms with E-state index >= 15 is 0 Å². The lowest BCUT2D eigenvalue weighted by Crippen LogP contribution is -2.20. The van der Waals surface area contributed by atoms with Crippen LogP contribution in [0.2, 0.25) is 0 Å². The lowest BCUT2D eigenvalue weighted by molar-refractivity contribution is 0.364. The van der Waals surface area contributed by atoms with Crippen molar-refractivity contribution in [1.29, 1.82) is 0 Å². The third-order valence-electron chi connectivity index (χ3n) is 2.23. The maximum absolute atomic E-state index is 12.8. The zero-order chi connectivity index (χ0) is 9.26. The molecule has 1 atom stereocenters. The van der Waals surface area contributed by atoms with Crippen LogP contribution in [-0.4, -0.2) is 24.2 Å². The highest BCUT2D eigenvalue weighted by atomic mass is 19.1. The molecule has 0 amide bonds. The zero-order valence-corrected chi connectivity index (χ0v) is 7.28. The molecule has 1 saturated heterocycles. The second-order valence-electron chi connectivity index (χ2n) is 3.28. The molecule has 0 aromatic carbocycles. The number of nitrogen functional groups attached to an aromatic ring is 1. The quantitative estimate of drug-likeness (QED) is 0.708. The van der Waals surface area contributed by atoms with E-state index in [4.69, 9.17) is 5.73 Å². The Balaban J connectivity index is 2.13. The SMILES string of the molecule is Nc1ccc(N2CCC(F)C2)nc1. The molecule has 70 valence electrons. The first-order chi connectivity index (χ1) is 6.25. The molecule has 2 heterocycles. The summed E-state index contributed by atoms with van der Waals surface area (Å²) >= 11 is 0. The van der Waals surface area contributed by atoms with Crippen molar-refractivity contribution in [2.75, 3.05) is 23.7 Å². The minimum absolute atomic E-state index is 0.455. The van der Waals surface area contributed by atoms with Gasteiger partial charge >= 0.3 is 0 Å². The molecule has 13 heavy (non-hydrogen) atoms. The Bertz CT molecular complexity index is 285. The average Bonchev–Trinajstić information content (AvgIpc) is 2.53. The first kappa shape index (κ1) is 8.29. The summed E-state index contributed by atoms with van der Waals surface area (Å²) in [5.74, 6) is 0.814. The largest absolute Gasteiger partial charge is 0.397 e. The fourth-order valence-corrected chi connectivity index (χ4v) is 1.51. The maximum atomic E-state index is 12.8. The van der Waals surface area contributed by atoms with E-state index in [0.29, 0.717) is 18.7 Å². The summed E-state index contributed by atoms with van der Waals surface area (Å²) in [6, 6.07) is 3.61. The van der Waals surface area contributed by atoms with Crippen molar-refractivity contribution in [2.24, 2.45) is 0 Å². The molecule has 0 saturated carbocycles. The van der Waals surface area contributed by atoms with Crippen LogP contribution in [0.5, 0.6) is 0 Å². The van der Waals surface area contributed by atoms with Crippen molar-refractivity contribution in [1.82, 2.24) is 4.98 Å². The predicted molar refractivity (Wildman–Crippen MR) is 50.4 cm³/mol. The highest BCUT2D eigenvalue weighted by Crippen LogP contribution is 2.19. The lowest BCUT2D eigenvalue weighted by Gasteiger charge is -2.15. The van der Waals surface area contributed by atoms with E-state index in [0.717, 1.165) is 12.4 Å². The molecule has 0 spiro atoms. The van der Waals surface area contributed by atoms with Crippen molar-refractivity contribution in [2.45, 2.75) is 12.6 Å². The van der Waals surface area contributed by atoms with Gasteiger partial charge < -0.3 is 10.6 Å². The smallest absolute Gasteiger partial charge is 0.128 e. The van der Waals surface area contributed by atoms with Crippen LogP contribution in [0.4, 0.5) is 15.9 Å². The number of nitrogens with zero attached hydrogens (tertiary/aromatic N) is 2. The van der Waals surface area contributed by atoms with Crippen molar-refractivity contribution in [3.8, 4) is 0 Å². The number of anilines is 2. The molecule has 2 rings (SSSR count). The molecule has 1 aliphatic rings. The van der Waals surface area contributed by atoms with Crippen LogP contribution >= 0.6 is 0 Å². The van der Waals surface area contributed by atoms with Crippen molar-refractivity contribution < 1.29 is 4.39 Å². The number of hydrogen-bond acceptors (Lipinski definition) is 3. The zero-order valence-electron chi connectivity index (χ0n) is 7.28. The molecule has 2 N–H and O–H groups in total. The van der Waals surface area contributed by atoms with Crippen LogP contribution in [0, 0.1) is 0 Å². The second-order valence-corrected chi connectivity index (χ2v) is 3.28. The number of nitrogens with two attached hydrogens (primary N) is 1. The van der Waals surface area contributed by atoms with E-state index in [1.165, 1.54) is 0 Å². The molecule has 1 aromatic heterocycles. The first-order valence-corrected chi connectivity index (χ1v) is 4.36. The third kappa shape index (κ3) is 1.71. The molecular weight excluding hydrogens is 169 g/mol. The van der Waals surface area contributed by atoms with Crippen molar-refractivity contribution in [3.05, 3.63) is 18.3 Å². The molecule has 1 aromatic rings. The van der Waals surface area contributed by atoms with Gasteiger partial charge in [-0.3, -0.25) is 0 Å². The number of pyridine rings is 1. The van der Waals surface area contributed by atoms with Gasteiger partial charge in [-0.2, -0.15) is 0 Å². The van der Waals surface area contributed by atoms with Crippen LogP contribution in [0.3, 0.4) is 0 Å². The van der Waals surface area contributed by atoms with Gasteiger partial charge in [0.05, 0.1) is 18.4 Å². The summed E-state index contributed by atoms with van der Waals surface area (Å²) in [5, 5.41) is 0. The summed E-state index contributed by atoms with van der Waals surface area (Å²) in [4.78, 5) is 6.06. The minimum Gasteiger partial charge on any atom is -0.397 e. The van der Waals surface area contributed by atoms with Crippen LogP contribution in [-0.2, 0) is 0 Å². The standard InChI is InChI=1S/C9H12FN3/c10-7-3-4-13(6-7)9-2-1-8(11)5-12-9/h1-2,5,7H,3-4,6,11H2. The molecule has 1 aliphatic heterocycles.